The quantitative estimate of drug-likeness (QED) is 0.451. The van der Waals surface area contributed by atoms with Gasteiger partial charge in [0.1, 0.15) is 11.4 Å². The molecule has 0 saturated carbocycles. The molecule has 1 heterocycles. The number of aromatic nitrogens is 1. The molecule has 0 saturated heterocycles. The first-order chi connectivity index (χ1) is 15.6. The van der Waals surface area contributed by atoms with Crippen LogP contribution in [0.25, 0.3) is 0 Å². The Balaban J connectivity index is 1.97. The van der Waals surface area contributed by atoms with Crippen LogP contribution >= 0.6 is 11.3 Å². The van der Waals surface area contributed by atoms with Crippen molar-refractivity contribution in [3.05, 3.63) is 28.8 Å². The first kappa shape index (κ1) is 26.4. The van der Waals surface area contributed by atoms with Crippen LogP contribution in [0.1, 0.15) is 61.9 Å². The van der Waals surface area contributed by atoms with Crippen molar-refractivity contribution in [1.29, 1.82) is 0 Å². The van der Waals surface area contributed by atoms with E-state index in [9.17, 15) is 14.7 Å². The number of anilines is 1. The van der Waals surface area contributed by atoms with E-state index in [0.29, 0.717) is 36.2 Å². The van der Waals surface area contributed by atoms with Gasteiger partial charge in [0.25, 0.3) is 11.8 Å². The number of phenolic OH excluding ortho intramolecular Hbond substituents is 1. The summed E-state index contributed by atoms with van der Waals surface area (Å²) < 4.78 is 10.3. The zero-order chi connectivity index (χ0) is 24.7. The number of benzene rings is 1. The summed E-state index contributed by atoms with van der Waals surface area (Å²) in [5.41, 5.74) is 0.228. The Hall–Kier alpha value is -2.85. The number of nitrogens with zero attached hydrogens (tertiary/aromatic N) is 2. The maximum Gasteiger partial charge on any atom is 0.270 e. The number of hydrogen-bond acceptors (Lipinski definition) is 8. The van der Waals surface area contributed by atoms with Crippen molar-refractivity contribution in [2.75, 3.05) is 26.1 Å². The van der Waals surface area contributed by atoms with Crippen molar-refractivity contribution < 1.29 is 24.2 Å². The normalized spacial score (nSPS) is 12.2. The van der Waals surface area contributed by atoms with Gasteiger partial charge in [-0.3, -0.25) is 19.8 Å². The van der Waals surface area contributed by atoms with Crippen LogP contribution in [0.2, 0.25) is 0 Å². The average Bonchev–Trinajstić information content (AvgIpc) is 3.21. The summed E-state index contributed by atoms with van der Waals surface area (Å²) in [6.45, 7) is 11.4. The van der Waals surface area contributed by atoms with Gasteiger partial charge in [-0.1, -0.05) is 0 Å². The summed E-state index contributed by atoms with van der Waals surface area (Å²) in [4.78, 5) is 31.7. The number of carbonyl (C=O) groups excluding carboxylic acids is 2. The second-order valence-electron chi connectivity index (χ2n) is 8.24. The van der Waals surface area contributed by atoms with E-state index < -0.39 is 5.91 Å². The maximum atomic E-state index is 12.6. The van der Waals surface area contributed by atoms with Gasteiger partial charge in [0.15, 0.2) is 16.6 Å². The number of rotatable bonds is 11. The van der Waals surface area contributed by atoms with E-state index in [4.69, 9.17) is 9.47 Å². The van der Waals surface area contributed by atoms with E-state index in [1.165, 1.54) is 26.4 Å². The zero-order valence-electron chi connectivity index (χ0n) is 20.3. The Morgan fingerprint density at radius 2 is 1.67 bits per heavy atom. The summed E-state index contributed by atoms with van der Waals surface area (Å²) in [5.74, 6) is -0.522. The molecule has 10 heteroatoms. The first-order valence-corrected chi connectivity index (χ1v) is 11.7. The fourth-order valence-corrected chi connectivity index (χ4v) is 4.58. The Kier molecular flexibility index (Phi) is 9.48. The van der Waals surface area contributed by atoms with Gasteiger partial charge < -0.3 is 19.9 Å². The standard InChI is InChI=1S/C23H34N4O5S/c1-13(2)27(14(3)4)15(5)8-9-24-22(30)17-12-33-23(25-17)26-21(29)16-10-19(31-6)20(32-7)11-18(16)28/h10-15,28H,8-9H2,1-7H3,(H,24,30)(H,25,26,29). The van der Waals surface area contributed by atoms with Crippen molar-refractivity contribution in [2.45, 2.75) is 59.2 Å². The highest BCUT2D eigenvalue weighted by Crippen LogP contribution is 2.34. The van der Waals surface area contributed by atoms with Gasteiger partial charge >= 0.3 is 0 Å². The number of aromatic hydroxyl groups is 1. The number of hydrogen-bond donors (Lipinski definition) is 3. The van der Waals surface area contributed by atoms with Gasteiger partial charge in [-0.05, 0) is 41.0 Å². The van der Waals surface area contributed by atoms with E-state index in [1.54, 1.807) is 5.38 Å². The van der Waals surface area contributed by atoms with Crippen molar-refractivity contribution in [3.63, 3.8) is 0 Å². The fraction of sp³-hybridized carbons (Fsp3) is 0.522. The molecule has 1 unspecified atom stereocenters. The molecule has 2 amide bonds. The van der Waals surface area contributed by atoms with Gasteiger partial charge in [-0.2, -0.15) is 0 Å². The lowest BCUT2D eigenvalue weighted by molar-refractivity contribution is 0.0927. The van der Waals surface area contributed by atoms with Crippen LogP contribution in [0.15, 0.2) is 17.5 Å². The van der Waals surface area contributed by atoms with Crippen LogP contribution in [0.3, 0.4) is 0 Å². The van der Waals surface area contributed by atoms with E-state index in [2.05, 4.69) is 55.1 Å². The molecule has 2 aromatic rings. The van der Waals surface area contributed by atoms with Crippen LogP contribution in [-0.2, 0) is 0 Å². The molecule has 0 bridgehead atoms. The van der Waals surface area contributed by atoms with Crippen molar-refractivity contribution in [2.24, 2.45) is 0 Å². The number of nitrogens with one attached hydrogen (secondary N) is 2. The zero-order valence-corrected chi connectivity index (χ0v) is 21.1. The highest BCUT2D eigenvalue weighted by Gasteiger charge is 2.21. The number of phenols is 1. The molecule has 0 aliphatic carbocycles. The molecular formula is C23H34N4O5S. The van der Waals surface area contributed by atoms with Gasteiger partial charge in [-0.15, -0.1) is 11.3 Å². The molecule has 1 aromatic heterocycles. The van der Waals surface area contributed by atoms with E-state index in [1.807, 2.05) is 0 Å². The summed E-state index contributed by atoms with van der Waals surface area (Å²) in [6, 6.07) is 3.85. The van der Waals surface area contributed by atoms with E-state index >= 15 is 0 Å². The van der Waals surface area contributed by atoms with Gasteiger partial charge in [0, 0.05) is 42.2 Å². The van der Waals surface area contributed by atoms with E-state index in [0.717, 1.165) is 17.8 Å². The van der Waals surface area contributed by atoms with Gasteiger partial charge in [-0.25, -0.2) is 4.98 Å². The molecule has 3 N–H and O–H groups in total. The summed E-state index contributed by atoms with van der Waals surface area (Å²) in [6.07, 6.45) is 0.814. The molecule has 0 spiro atoms. The Labute approximate surface area is 199 Å². The largest absolute Gasteiger partial charge is 0.507 e. The minimum atomic E-state index is -0.578. The second kappa shape index (κ2) is 11.9. The summed E-state index contributed by atoms with van der Waals surface area (Å²) in [7, 11) is 2.87. The minimum Gasteiger partial charge on any atom is -0.507 e. The predicted molar refractivity (Wildman–Crippen MR) is 130 cm³/mol. The Morgan fingerprint density at radius 3 is 2.24 bits per heavy atom. The third-order valence-electron chi connectivity index (χ3n) is 5.25. The number of methoxy groups -OCH3 is 2. The Morgan fingerprint density at radius 1 is 1.06 bits per heavy atom. The SMILES string of the molecule is COc1cc(O)c(C(=O)Nc2nc(C(=O)NCCC(C)N(C(C)C)C(C)C)cs2)cc1OC. The average molecular weight is 479 g/mol. The molecule has 1 aromatic carbocycles. The van der Waals surface area contributed by atoms with Gasteiger partial charge in [0.05, 0.1) is 19.8 Å². The Bertz CT molecular complexity index is 952. The molecule has 182 valence electrons. The van der Waals surface area contributed by atoms with Gasteiger partial charge in [0.2, 0.25) is 0 Å². The molecule has 0 aliphatic heterocycles. The van der Waals surface area contributed by atoms with Crippen LogP contribution < -0.4 is 20.1 Å². The van der Waals surface area contributed by atoms with Crippen LogP contribution in [0.5, 0.6) is 17.2 Å². The summed E-state index contributed by atoms with van der Waals surface area (Å²) >= 11 is 1.13. The highest BCUT2D eigenvalue weighted by atomic mass is 32.1. The third kappa shape index (κ3) is 6.82. The minimum absolute atomic E-state index is 0.00250. The second-order valence-corrected chi connectivity index (χ2v) is 9.10. The van der Waals surface area contributed by atoms with Crippen molar-refractivity contribution >= 4 is 28.3 Å². The lowest BCUT2D eigenvalue weighted by Gasteiger charge is -2.36. The number of ether oxygens (including phenoxy) is 2. The van der Waals surface area contributed by atoms with E-state index in [-0.39, 0.29) is 28.0 Å². The predicted octanol–water partition coefficient (Wildman–Crippen LogP) is 3.75. The number of carbonyl (C=O) groups is 2. The topological polar surface area (TPSA) is 113 Å². The third-order valence-corrected chi connectivity index (χ3v) is 6.01. The van der Waals surface area contributed by atoms with Crippen molar-refractivity contribution in [1.82, 2.24) is 15.2 Å². The lowest BCUT2D eigenvalue weighted by atomic mass is 10.1. The van der Waals surface area contributed by atoms with Crippen LogP contribution in [0, 0.1) is 0 Å². The lowest BCUT2D eigenvalue weighted by Crippen LogP contribution is -2.45. The smallest absolute Gasteiger partial charge is 0.270 e. The van der Waals surface area contributed by atoms with Crippen LogP contribution in [0.4, 0.5) is 5.13 Å². The number of thiazole rings is 1. The number of amides is 2. The molecule has 9 nitrogen and oxygen atoms in total. The summed E-state index contributed by atoms with van der Waals surface area (Å²) in [5, 5.41) is 17.5. The molecule has 0 aliphatic rings. The molecule has 0 fully saturated rings. The molecular weight excluding hydrogens is 444 g/mol. The monoisotopic (exact) mass is 478 g/mol. The van der Waals surface area contributed by atoms with Crippen LogP contribution in [-0.4, -0.2) is 65.7 Å². The molecule has 2 rings (SSSR count). The molecule has 1 atom stereocenters. The fourth-order valence-electron chi connectivity index (χ4n) is 3.90. The maximum absolute atomic E-state index is 12.6. The van der Waals surface area contributed by atoms with Crippen molar-refractivity contribution in [3.8, 4) is 17.2 Å². The molecule has 33 heavy (non-hydrogen) atoms. The molecule has 0 radical (unpaired) electrons. The first-order valence-electron chi connectivity index (χ1n) is 10.9. The highest BCUT2D eigenvalue weighted by molar-refractivity contribution is 7.14.